The summed E-state index contributed by atoms with van der Waals surface area (Å²) in [5, 5.41) is 11.7. The van der Waals surface area contributed by atoms with Gasteiger partial charge in [-0.15, -0.1) is 0 Å². The molecule has 2 rings (SSSR count). The molecule has 0 saturated heterocycles. The first kappa shape index (κ1) is 15.0. The number of nitrogens with one attached hydrogen (secondary N) is 2. The van der Waals surface area contributed by atoms with E-state index in [1.807, 2.05) is 0 Å². The lowest BCUT2D eigenvalue weighted by atomic mass is 10.1. The van der Waals surface area contributed by atoms with Crippen LogP contribution < -0.4 is 5.32 Å². The van der Waals surface area contributed by atoms with Crippen LogP contribution >= 0.6 is 0 Å². The van der Waals surface area contributed by atoms with Crippen LogP contribution in [0.3, 0.4) is 0 Å². The van der Waals surface area contributed by atoms with E-state index < -0.39 is 17.9 Å². The van der Waals surface area contributed by atoms with Gasteiger partial charge in [0.15, 0.2) is 0 Å². The molecular weight excluding hydrogens is 274 g/mol. The van der Waals surface area contributed by atoms with Gasteiger partial charge in [0.05, 0.1) is 17.4 Å². The predicted molar refractivity (Wildman–Crippen MR) is 76.1 cm³/mol. The van der Waals surface area contributed by atoms with Crippen LogP contribution in [0.2, 0.25) is 0 Å². The maximum Gasteiger partial charge on any atom is 0.326 e. The quantitative estimate of drug-likeness (QED) is 0.664. The summed E-state index contributed by atoms with van der Waals surface area (Å²) in [6, 6.07) is 4.05. The molecule has 1 atom stereocenters. The first-order chi connectivity index (χ1) is 10.1. The van der Waals surface area contributed by atoms with E-state index in [0.29, 0.717) is 25.0 Å². The third kappa shape index (κ3) is 3.79. The van der Waals surface area contributed by atoms with Crippen molar-refractivity contribution < 1.29 is 19.4 Å². The van der Waals surface area contributed by atoms with Crippen LogP contribution in [0.5, 0.6) is 0 Å². The van der Waals surface area contributed by atoms with E-state index in [9.17, 15) is 9.59 Å². The second-order valence-corrected chi connectivity index (χ2v) is 4.63. The number of hydrogen-bond acceptors (Lipinski definition) is 4. The number of methoxy groups -OCH3 is 1. The number of carbonyl (C=O) groups is 2. The van der Waals surface area contributed by atoms with E-state index >= 15 is 0 Å². The average Bonchev–Trinajstić information content (AvgIpc) is 2.93. The summed E-state index contributed by atoms with van der Waals surface area (Å²) >= 11 is 0. The van der Waals surface area contributed by atoms with Crippen LogP contribution in [0, 0.1) is 0 Å². The molecule has 0 saturated carbocycles. The second-order valence-electron chi connectivity index (χ2n) is 4.63. The Hall–Kier alpha value is -2.41. The Bertz CT molecular complexity index is 638. The highest BCUT2D eigenvalue weighted by Crippen LogP contribution is 2.12. The number of aliphatic carboxylic acids is 1. The van der Waals surface area contributed by atoms with Gasteiger partial charge in [-0.3, -0.25) is 4.79 Å². The summed E-state index contributed by atoms with van der Waals surface area (Å²) in [6.45, 7) is 0.458. The molecule has 21 heavy (non-hydrogen) atoms. The van der Waals surface area contributed by atoms with Gasteiger partial charge < -0.3 is 20.1 Å². The fourth-order valence-electron chi connectivity index (χ4n) is 2.01. The van der Waals surface area contributed by atoms with Gasteiger partial charge in [-0.2, -0.15) is 0 Å². The Kier molecular flexibility index (Phi) is 4.89. The SMILES string of the molecule is COCCCC(NC(=O)c1ccc2nc[nH]c2c1)C(=O)O. The number of amides is 1. The number of carbonyl (C=O) groups excluding carboxylic acids is 1. The van der Waals surface area contributed by atoms with Crippen LogP contribution in [0.15, 0.2) is 24.5 Å². The van der Waals surface area contributed by atoms with Gasteiger partial charge >= 0.3 is 5.97 Å². The number of nitrogens with zero attached hydrogens (tertiary/aromatic N) is 1. The van der Waals surface area contributed by atoms with E-state index in [1.54, 1.807) is 25.3 Å². The minimum Gasteiger partial charge on any atom is -0.480 e. The van der Waals surface area contributed by atoms with Gasteiger partial charge in [0.2, 0.25) is 0 Å². The highest BCUT2D eigenvalue weighted by atomic mass is 16.5. The lowest BCUT2D eigenvalue weighted by molar-refractivity contribution is -0.139. The molecular formula is C14H17N3O4. The summed E-state index contributed by atoms with van der Waals surface area (Å²) < 4.78 is 4.88. The number of benzene rings is 1. The number of aromatic amines is 1. The first-order valence-corrected chi connectivity index (χ1v) is 6.57. The van der Waals surface area contributed by atoms with Crippen molar-refractivity contribution in [3.05, 3.63) is 30.1 Å². The molecule has 0 aliphatic rings. The Morgan fingerprint density at radius 1 is 1.48 bits per heavy atom. The molecule has 1 aromatic heterocycles. The summed E-state index contributed by atoms with van der Waals surface area (Å²) in [4.78, 5) is 30.2. The second kappa shape index (κ2) is 6.85. The maximum atomic E-state index is 12.1. The lowest BCUT2D eigenvalue weighted by Gasteiger charge is -2.14. The van der Waals surface area contributed by atoms with Crippen molar-refractivity contribution in [1.82, 2.24) is 15.3 Å². The zero-order chi connectivity index (χ0) is 15.2. The molecule has 1 aromatic carbocycles. The molecule has 0 spiro atoms. The molecule has 1 heterocycles. The van der Waals surface area contributed by atoms with Gasteiger partial charge in [0.25, 0.3) is 5.91 Å². The zero-order valence-electron chi connectivity index (χ0n) is 11.6. The van der Waals surface area contributed by atoms with Crippen molar-refractivity contribution in [2.75, 3.05) is 13.7 Å². The minimum atomic E-state index is -1.05. The van der Waals surface area contributed by atoms with Crippen LogP contribution in [0.4, 0.5) is 0 Å². The number of ether oxygens (including phenoxy) is 1. The van der Waals surface area contributed by atoms with Crippen LogP contribution in [-0.2, 0) is 9.53 Å². The summed E-state index contributed by atoms with van der Waals surface area (Å²) in [6.07, 6.45) is 2.42. The molecule has 0 bridgehead atoms. The van der Waals surface area contributed by atoms with E-state index in [2.05, 4.69) is 15.3 Å². The molecule has 1 amide bonds. The molecule has 7 heteroatoms. The largest absolute Gasteiger partial charge is 0.480 e. The lowest BCUT2D eigenvalue weighted by Crippen LogP contribution is -2.40. The monoisotopic (exact) mass is 291 g/mol. The molecule has 1 unspecified atom stereocenters. The highest BCUT2D eigenvalue weighted by molar-refractivity contribution is 5.99. The Morgan fingerprint density at radius 2 is 2.29 bits per heavy atom. The number of H-pyrrole nitrogens is 1. The maximum absolute atomic E-state index is 12.1. The van der Waals surface area contributed by atoms with Gasteiger partial charge in [-0.05, 0) is 31.0 Å². The van der Waals surface area contributed by atoms with E-state index in [4.69, 9.17) is 9.84 Å². The molecule has 7 nitrogen and oxygen atoms in total. The smallest absolute Gasteiger partial charge is 0.326 e. The Morgan fingerprint density at radius 3 is 3.00 bits per heavy atom. The number of rotatable bonds is 7. The average molecular weight is 291 g/mol. The highest BCUT2D eigenvalue weighted by Gasteiger charge is 2.20. The number of fused-ring (bicyclic) bond motifs is 1. The zero-order valence-corrected chi connectivity index (χ0v) is 11.6. The number of hydrogen-bond donors (Lipinski definition) is 3. The van der Waals surface area contributed by atoms with Crippen LogP contribution in [0.25, 0.3) is 11.0 Å². The summed E-state index contributed by atoms with van der Waals surface area (Å²) in [7, 11) is 1.55. The van der Waals surface area contributed by atoms with E-state index in [0.717, 1.165) is 11.0 Å². The van der Waals surface area contributed by atoms with Crippen LogP contribution in [-0.4, -0.2) is 46.7 Å². The van der Waals surface area contributed by atoms with Gasteiger partial charge in [-0.1, -0.05) is 0 Å². The minimum absolute atomic E-state index is 0.321. The Balaban J connectivity index is 2.05. The number of aromatic nitrogens is 2. The topological polar surface area (TPSA) is 104 Å². The van der Waals surface area contributed by atoms with Crippen molar-refractivity contribution in [3.8, 4) is 0 Å². The predicted octanol–water partition coefficient (Wildman–Crippen LogP) is 1.17. The molecule has 0 aliphatic carbocycles. The van der Waals surface area contributed by atoms with E-state index in [-0.39, 0.29) is 0 Å². The fourth-order valence-corrected chi connectivity index (χ4v) is 2.01. The van der Waals surface area contributed by atoms with Crippen molar-refractivity contribution in [1.29, 1.82) is 0 Å². The first-order valence-electron chi connectivity index (χ1n) is 6.57. The molecule has 0 fully saturated rings. The summed E-state index contributed by atoms with van der Waals surface area (Å²) in [5.74, 6) is -1.47. The fraction of sp³-hybridized carbons (Fsp3) is 0.357. The standard InChI is InChI=1S/C14H17N3O4/c1-21-6-2-3-11(14(19)20)17-13(18)9-4-5-10-12(7-9)16-8-15-10/h4-5,7-8,11H,2-3,6H2,1H3,(H,15,16)(H,17,18)(H,19,20). The van der Waals surface area contributed by atoms with Crippen molar-refractivity contribution >= 4 is 22.9 Å². The van der Waals surface area contributed by atoms with E-state index in [1.165, 1.54) is 6.33 Å². The number of imidazole rings is 1. The molecule has 0 radical (unpaired) electrons. The van der Waals surface area contributed by atoms with Gasteiger partial charge in [0, 0.05) is 19.3 Å². The molecule has 2 aromatic rings. The number of carboxylic acid groups (broad SMARTS) is 1. The van der Waals surface area contributed by atoms with Crippen molar-refractivity contribution in [2.24, 2.45) is 0 Å². The van der Waals surface area contributed by atoms with Crippen molar-refractivity contribution in [3.63, 3.8) is 0 Å². The van der Waals surface area contributed by atoms with Crippen molar-refractivity contribution in [2.45, 2.75) is 18.9 Å². The van der Waals surface area contributed by atoms with Crippen LogP contribution in [0.1, 0.15) is 23.2 Å². The van der Waals surface area contributed by atoms with Gasteiger partial charge in [0.1, 0.15) is 6.04 Å². The number of carboxylic acids is 1. The third-order valence-corrected chi connectivity index (χ3v) is 3.13. The third-order valence-electron chi connectivity index (χ3n) is 3.13. The normalized spacial score (nSPS) is 12.2. The molecule has 0 aliphatic heterocycles. The Labute approximate surface area is 121 Å². The molecule has 112 valence electrons. The molecule has 3 N–H and O–H groups in total. The summed E-state index contributed by atoms with van der Waals surface area (Å²) in [5.41, 5.74) is 1.88. The van der Waals surface area contributed by atoms with Gasteiger partial charge in [-0.25, -0.2) is 9.78 Å².